The highest BCUT2D eigenvalue weighted by molar-refractivity contribution is 5.99. The normalized spacial score (nSPS) is 25.8. The van der Waals surface area contributed by atoms with Crippen molar-refractivity contribution in [1.29, 1.82) is 0 Å². The molecule has 2 fully saturated rings. The van der Waals surface area contributed by atoms with Crippen LogP contribution in [0.4, 0.5) is 0 Å². The molecule has 2 heterocycles. The zero-order valence-electron chi connectivity index (χ0n) is 22.6. The Labute approximate surface area is 224 Å². The lowest BCUT2D eigenvalue weighted by atomic mass is 9.98. The summed E-state index contributed by atoms with van der Waals surface area (Å²) in [5.74, 6) is -1.62. The molecule has 0 bridgehead atoms. The first kappa shape index (κ1) is 29.6. The molecule has 10 nitrogen and oxygen atoms in total. The van der Waals surface area contributed by atoms with E-state index in [-0.39, 0.29) is 18.2 Å². The van der Waals surface area contributed by atoms with Gasteiger partial charge < -0.3 is 31.1 Å². The molecule has 2 aliphatic heterocycles. The van der Waals surface area contributed by atoms with Gasteiger partial charge in [-0.25, -0.2) is 0 Å². The monoisotopic (exact) mass is 530 g/mol. The smallest absolute Gasteiger partial charge is 0.246 e. The third-order valence-electron chi connectivity index (χ3n) is 7.41. The Bertz CT molecular complexity index is 983. The Hall–Kier alpha value is -2.98. The minimum atomic E-state index is -1.32. The Morgan fingerprint density at radius 3 is 2.37 bits per heavy atom. The second kappa shape index (κ2) is 13.2. The van der Waals surface area contributed by atoms with Crippen molar-refractivity contribution in [2.75, 3.05) is 6.54 Å². The van der Waals surface area contributed by atoms with Crippen molar-refractivity contribution in [3.63, 3.8) is 0 Å². The summed E-state index contributed by atoms with van der Waals surface area (Å²) in [5.41, 5.74) is -0.443. The third kappa shape index (κ3) is 7.77. The molecule has 0 unspecified atom stereocenters. The molecule has 2 saturated heterocycles. The number of carbonyl (C=O) groups is 4. The van der Waals surface area contributed by atoms with E-state index < -0.39 is 47.7 Å². The van der Waals surface area contributed by atoms with Gasteiger partial charge in [0.15, 0.2) is 0 Å². The number of unbranched alkanes of at least 4 members (excludes halogenated alkanes) is 2. The van der Waals surface area contributed by atoms with E-state index in [1.807, 2.05) is 30.3 Å². The third-order valence-corrected chi connectivity index (χ3v) is 7.41. The number of fused-ring (bicyclic) bond motifs is 1. The average molecular weight is 531 g/mol. The first-order valence-electron chi connectivity index (χ1n) is 13.6. The zero-order valence-corrected chi connectivity index (χ0v) is 22.6. The quantitative estimate of drug-likeness (QED) is 0.298. The molecule has 1 aromatic rings. The summed E-state index contributed by atoms with van der Waals surface area (Å²) < 4.78 is 0. The largest absolute Gasteiger partial charge is 0.391 e. The molecule has 0 aromatic heterocycles. The molecular weight excluding hydrogens is 488 g/mol. The molecule has 1 aromatic carbocycles. The predicted octanol–water partition coefficient (Wildman–Crippen LogP) is 0.790. The molecule has 5 atom stereocenters. The van der Waals surface area contributed by atoms with E-state index in [1.54, 1.807) is 13.8 Å². The van der Waals surface area contributed by atoms with Crippen molar-refractivity contribution in [2.24, 2.45) is 0 Å². The highest BCUT2D eigenvalue weighted by Gasteiger charge is 2.42. The molecule has 5 N–H and O–H groups in total. The number of aliphatic hydroxyl groups is 2. The van der Waals surface area contributed by atoms with Gasteiger partial charge in [0, 0.05) is 13.0 Å². The Balaban J connectivity index is 1.77. The highest BCUT2D eigenvalue weighted by Crippen LogP contribution is 2.21. The SMILES string of the molecule is C[C@H](O)[C@@H](O)CCCCC[C@@H]1NC(=O)[C@@H]2CCCN2C(=O)[C@H](Cc2ccccc2)NC(=O)C(C)(C)NC1=O. The van der Waals surface area contributed by atoms with Gasteiger partial charge in [-0.05, 0) is 52.0 Å². The molecule has 3 rings (SSSR count). The maximum atomic E-state index is 13.6. The molecule has 0 saturated carbocycles. The molecule has 0 spiro atoms. The summed E-state index contributed by atoms with van der Waals surface area (Å²) in [6, 6.07) is 6.92. The maximum absolute atomic E-state index is 13.6. The van der Waals surface area contributed by atoms with Crippen LogP contribution in [0, 0.1) is 0 Å². The number of amides is 4. The van der Waals surface area contributed by atoms with Crippen LogP contribution in [-0.4, -0.2) is 81.2 Å². The number of carbonyl (C=O) groups excluding carboxylic acids is 4. The molecule has 38 heavy (non-hydrogen) atoms. The standard InChI is InChI=1S/C28H42N4O6/c1-18(33)23(34)15-9-5-8-13-20-24(35)31-28(2,3)27(38)30-21(17-19-11-6-4-7-12-19)26(37)32-16-10-14-22(32)25(36)29-20/h4,6-7,11-12,18,20-23,33-34H,5,8-10,13-17H2,1-3H3,(H,29,36)(H,30,38)(H,31,35)/t18-,20-,21-,22-,23-/m0/s1. The number of hydrogen-bond donors (Lipinski definition) is 5. The summed E-state index contributed by atoms with van der Waals surface area (Å²) in [4.78, 5) is 55.1. The molecule has 2 aliphatic rings. The van der Waals surface area contributed by atoms with Crippen LogP contribution in [0.3, 0.4) is 0 Å². The summed E-state index contributed by atoms with van der Waals surface area (Å²) in [6.45, 7) is 5.09. The van der Waals surface area contributed by atoms with Crippen LogP contribution in [0.1, 0.15) is 71.3 Å². The molecule has 10 heteroatoms. The molecule has 0 aliphatic carbocycles. The van der Waals surface area contributed by atoms with Crippen molar-refractivity contribution in [3.05, 3.63) is 35.9 Å². The van der Waals surface area contributed by atoms with Gasteiger partial charge >= 0.3 is 0 Å². The van der Waals surface area contributed by atoms with E-state index in [0.717, 1.165) is 5.56 Å². The van der Waals surface area contributed by atoms with Gasteiger partial charge in [-0.3, -0.25) is 19.2 Å². The molecule has 210 valence electrons. The Morgan fingerprint density at radius 2 is 1.68 bits per heavy atom. The van der Waals surface area contributed by atoms with E-state index >= 15 is 0 Å². The fraction of sp³-hybridized carbons (Fsp3) is 0.643. The van der Waals surface area contributed by atoms with Gasteiger partial charge in [0.25, 0.3) is 0 Å². The number of nitrogens with zero attached hydrogens (tertiary/aromatic N) is 1. The van der Waals surface area contributed by atoms with E-state index in [4.69, 9.17) is 0 Å². The lowest BCUT2D eigenvalue weighted by Gasteiger charge is -2.34. The van der Waals surface area contributed by atoms with Crippen molar-refractivity contribution in [3.8, 4) is 0 Å². The first-order chi connectivity index (χ1) is 18.0. The van der Waals surface area contributed by atoms with Gasteiger partial charge in [0.05, 0.1) is 12.2 Å². The van der Waals surface area contributed by atoms with E-state index in [0.29, 0.717) is 51.5 Å². The number of nitrogens with one attached hydrogen (secondary N) is 3. The number of benzene rings is 1. The summed E-state index contributed by atoms with van der Waals surface area (Å²) in [5, 5.41) is 27.7. The summed E-state index contributed by atoms with van der Waals surface area (Å²) in [6.07, 6.45) is 2.56. The zero-order chi connectivity index (χ0) is 27.9. The van der Waals surface area contributed by atoms with Crippen molar-refractivity contribution >= 4 is 23.6 Å². The van der Waals surface area contributed by atoms with E-state index in [1.165, 1.54) is 11.8 Å². The van der Waals surface area contributed by atoms with Gasteiger partial charge in [-0.15, -0.1) is 0 Å². The van der Waals surface area contributed by atoms with E-state index in [2.05, 4.69) is 16.0 Å². The number of hydrogen-bond acceptors (Lipinski definition) is 6. The van der Waals surface area contributed by atoms with Crippen LogP contribution in [0.25, 0.3) is 0 Å². The second-order valence-corrected chi connectivity index (χ2v) is 11.0. The highest BCUT2D eigenvalue weighted by atomic mass is 16.3. The fourth-order valence-electron chi connectivity index (χ4n) is 5.00. The van der Waals surface area contributed by atoms with Crippen molar-refractivity contribution in [1.82, 2.24) is 20.9 Å². The number of aliphatic hydroxyl groups excluding tert-OH is 2. The maximum Gasteiger partial charge on any atom is 0.246 e. The predicted molar refractivity (Wildman–Crippen MR) is 142 cm³/mol. The number of rotatable bonds is 9. The average Bonchev–Trinajstić information content (AvgIpc) is 3.36. The first-order valence-corrected chi connectivity index (χ1v) is 13.6. The van der Waals surface area contributed by atoms with Gasteiger partial charge in [-0.1, -0.05) is 49.6 Å². The fourth-order valence-corrected chi connectivity index (χ4v) is 5.00. The Kier molecular flexibility index (Phi) is 10.3. The van der Waals surface area contributed by atoms with Crippen LogP contribution in [0.2, 0.25) is 0 Å². The van der Waals surface area contributed by atoms with Crippen molar-refractivity contribution < 1.29 is 29.4 Å². The van der Waals surface area contributed by atoms with Crippen LogP contribution < -0.4 is 16.0 Å². The molecular formula is C28H42N4O6. The van der Waals surface area contributed by atoms with Gasteiger partial charge in [0.2, 0.25) is 23.6 Å². The summed E-state index contributed by atoms with van der Waals surface area (Å²) in [7, 11) is 0. The minimum Gasteiger partial charge on any atom is -0.391 e. The lowest BCUT2D eigenvalue weighted by Crippen LogP contribution is -2.64. The van der Waals surface area contributed by atoms with E-state index in [9.17, 15) is 29.4 Å². The molecule has 0 radical (unpaired) electrons. The minimum absolute atomic E-state index is 0.270. The second-order valence-electron chi connectivity index (χ2n) is 11.0. The molecule has 4 amide bonds. The topological polar surface area (TPSA) is 148 Å². The van der Waals surface area contributed by atoms with Crippen LogP contribution in [-0.2, 0) is 25.6 Å². The Morgan fingerprint density at radius 1 is 0.974 bits per heavy atom. The summed E-state index contributed by atoms with van der Waals surface area (Å²) >= 11 is 0. The van der Waals surface area contributed by atoms with Crippen LogP contribution >= 0.6 is 0 Å². The van der Waals surface area contributed by atoms with Crippen molar-refractivity contribution in [2.45, 2.75) is 108 Å². The lowest BCUT2D eigenvalue weighted by molar-refractivity contribution is -0.144. The van der Waals surface area contributed by atoms with Crippen LogP contribution in [0.15, 0.2) is 30.3 Å². The van der Waals surface area contributed by atoms with Crippen LogP contribution in [0.5, 0.6) is 0 Å². The van der Waals surface area contributed by atoms with Gasteiger partial charge in [-0.2, -0.15) is 0 Å². The van der Waals surface area contributed by atoms with Gasteiger partial charge in [0.1, 0.15) is 23.7 Å².